The molecule has 172 valence electrons. The molecule has 0 N–H and O–H groups in total. The summed E-state index contributed by atoms with van der Waals surface area (Å²) in [4.78, 5) is 0. The van der Waals surface area contributed by atoms with E-state index in [9.17, 15) is 0 Å². The van der Waals surface area contributed by atoms with Crippen molar-refractivity contribution in [3.05, 3.63) is 166 Å². The molecule has 0 amide bonds. The molecule has 0 spiro atoms. The van der Waals surface area contributed by atoms with Crippen molar-refractivity contribution in [3.63, 3.8) is 0 Å². The van der Waals surface area contributed by atoms with Crippen LogP contribution in [0.2, 0.25) is 0 Å². The standard InChI is InChI=1S/C37H24/c1-3-11-24(12-4-1)35-27-15-7-8-16-28(21-27)36(25-13-5-2-6-14-25)34-23-32-30-20-10-18-26-17-9-19-29(37(26)30)31(32)22-33(34)35/h1-20,22-23H,21H2. The molecular weight excluding hydrogens is 444 g/mol. The summed E-state index contributed by atoms with van der Waals surface area (Å²) in [5, 5.41) is 5.32. The average molecular weight is 469 g/mol. The van der Waals surface area contributed by atoms with E-state index in [1.54, 1.807) is 0 Å². The van der Waals surface area contributed by atoms with Gasteiger partial charge in [0.05, 0.1) is 0 Å². The third-order valence-electron chi connectivity index (χ3n) is 8.04. The second-order valence-electron chi connectivity index (χ2n) is 10.1. The van der Waals surface area contributed by atoms with Crippen LogP contribution in [0.3, 0.4) is 0 Å². The molecule has 0 fully saturated rings. The Morgan fingerprint density at radius 1 is 0.432 bits per heavy atom. The van der Waals surface area contributed by atoms with Gasteiger partial charge in [-0.3, -0.25) is 0 Å². The van der Waals surface area contributed by atoms with Crippen LogP contribution in [0.25, 0.3) is 44.2 Å². The van der Waals surface area contributed by atoms with Crippen molar-refractivity contribution in [1.29, 1.82) is 0 Å². The molecule has 0 unspecified atom stereocenters. The molecule has 5 aromatic rings. The highest BCUT2D eigenvalue weighted by molar-refractivity contribution is 6.15. The van der Waals surface area contributed by atoms with E-state index in [0.717, 1.165) is 6.42 Å². The van der Waals surface area contributed by atoms with Crippen LogP contribution in [-0.2, 0) is 0 Å². The molecule has 37 heavy (non-hydrogen) atoms. The Balaban J connectivity index is 1.63. The van der Waals surface area contributed by atoms with Crippen LogP contribution in [0.1, 0.15) is 17.5 Å². The number of benzene rings is 5. The molecule has 3 aliphatic carbocycles. The van der Waals surface area contributed by atoms with Gasteiger partial charge in [-0.1, -0.05) is 121 Å². The molecule has 0 saturated heterocycles. The van der Waals surface area contributed by atoms with Gasteiger partial charge in [-0.15, -0.1) is 0 Å². The zero-order valence-corrected chi connectivity index (χ0v) is 20.4. The minimum Gasteiger partial charge on any atom is -0.0622 e. The second kappa shape index (κ2) is 7.91. The quantitative estimate of drug-likeness (QED) is 0.244. The SMILES string of the molecule is C1=CC=C2CC(=C1)C(c1ccccc1)=c1cc3c(cc1=C2c1ccccc1)-c1cccc2cccc-3c12. The number of hydrogen-bond acceptors (Lipinski definition) is 0. The van der Waals surface area contributed by atoms with Crippen molar-refractivity contribution in [1.82, 2.24) is 0 Å². The molecule has 3 aliphatic rings. The predicted molar refractivity (Wildman–Crippen MR) is 155 cm³/mol. The van der Waals surface area contributed by atoms with Crippen molar-refractivity contribution in [2.24, 2.45) is 0 Å². The fourth-order valence-corrected chi connectivity index (χ4v) is 6.50. The van der Waals surface area contributed by atoms with E-state index < -0.39 is 0 Å². The molecule has 0 heteroatoms. The van der Waals surface area contributed by atoms with Crippen LogP contribution in [0.15, 0.2) is 145 Å². The monoisotopic (exact) mass is 468 g/mol. The van der Waals surface area contributed by atoms with E-state index in [0.29, 0.717) is 0 Å². The molecule has 0 aromatic heterocycles. The van der Waals surface area contributed by atoms with E-state index in [-0.39, 0.29) is 0 Å². The lowest BCUT2D eigenvalue weighted by Gasteiger charge is -2.13. The van der Waals surface area contributed by atoms with Crippen LogP contribution in [0.4, 0.5) is 0 Å². The van der Waals surface area contributed by atoms with Crippen LogP contribution < -0.4 is 10.4 Å². The maximum atomic E-state index is 2.48. The van der Waals surface area contributed by atoms with Gasteiger partial charge in [0.1, 0.15) is 0 Å². The van der Waals surface area contributed by atoms with Crippen molar-refractivity contribution < 1.29 is 0 Å². The van der Waals surface area contributed by atoms with Crippen molar-refractivity contribution in [2.75, 3.05) is 0 Å². The maximum Gasteiger partial charge on any atom is -0.00130 e. The minimum absolute atomic E-state index is 0.910. The molecule has 0 nitrogen and oxygen atoms in total. The molecule has 2 bridgehead atoms. The van der Waals surface area contributed by atoms with E-state index in [1.807, 2.05) is 0 Å². The third-order valence-corrected chi connectivity index (χ3v) is 8.04. The Labute approximate surface area is 216 Å². The van der Waals surface area contributed by atoms with Gasteiger partial charge in [0, 0.05) is 0 Å². The van der Waals surface area contributed by atoms with Crippen LogP contribution in [0, 0.1) is 0 Å². The largest absolute Gasteiger partial charge is 0.0622 e. The van der Waals surface area contributed by atoms with Crippen LogP contribution >= 0.6 is 0 Å². The lowest BCUT2D eigenvalue weighted by atomic mass is 9.90. The fraction of sp³-hybridized carbons (Fsp3) is 0.0270. The summed E-state index contributed by atoms with van der Waals surface area (Å²) in [6, 6.07) is 40.3. The summed E-state index contributed by atoms with van der Waals surface area (Å²) in [7, 11) is 0. The summed E-state index contributed by atoms with van der Waals surface area (Å²) in [5.41, 5.74) is 13.3. The maximum absolute atomic E-state index is 2.48. The van der Waals surface area contributed by atoms with E-state index in [1.165, 1.54) is 76.9 Å². The molecule has 0 saturated carbocycles. The topological polar surface area (TPSA) is 0 Å². The lowest BCUT2D eigenvalue weighted by molar-refractivity contribution is 1.23. The van der Waals surface area contributed by atoms with Gasteiger partial charge in [0.2, 0.25) is 0 Å². The van der Waals surface area contributed by atoms with Crippen molar-refractivity contribution >= 4 is 21.9 Å². The third kappa shape index (κ3) is 3.03. The Kier molecular flexibility index (Phi) is 4.39. The van der Waals surface area contributed by atoms with E-state index >= 15 is 0 Å². The lowest BCUT2D eigenvalue weighted by Crippen LogP contribution is -2.30. The Morgan fingerprint density at radius 3 is 1.41 bits per heavy atom. The first kappa shape index (κ1) is 20.5. The summed E-state index contributed by atoms with van der Waals surface area (Å²) in [6.07, 6.45) is 9.93. The van der Waals surface area contributed by atoms with Crippen molar-refractivity contribution in [3.8, 4) is 22.3 Å². The smallest absolute Gasteiger partial charge is 0.00130 e. The van der Waals surface area contributed by atoms with Crippen molar-refractivity contribution in [2.45, 2.75) is 6.42 Å². The molecular formula is C37H24. The molecule has 5 aromatic carbocycles. The van der Waals surface area contributed by atoms with Gasteiger partial charge in [-0.2, -0.15) is 0 Å². The normalized spacial score (nSPS) is 15.0. The number of rotatable bonds is 2. The Bertz CT molecular complexity index is 1820. The van der Waals surface area contributed by atoms with Gasteiger partial charge in [0.15, 0.2) is 0 Å². The first-order valence-corrected chi connectivity index (χ1v) is 13.0. The van der Waals surface area contributed by atoms with Gasteiger partial charge in [-0.05, 0) is 95.4 Å². The minimum atomic E-state index is 0.910. The summed E-state index contributed by atoms with van der Waals surface area (Å²) in [5.74, 6) is 0. The van der Waals surface area contributed by atoms with Gasteiger partial charge in [0.25, 0.3) is 0 Å². The fourth-order valence-electron chi connectivity index (χ4n) is 6.50. The summed E-state index contributed by atoms with van der Waals surface area (Å²) < 4.78 is 0. The number of allylic oxidation sites excluding steroid dienone is 6. The zero-order valence-electron chi connectivity index (χ0n) is 20.4. The first-order valence-electron chi connectivity index (χ1n) is 13.0. The van der Waals surface area contributed by atoms with E-state index in [2.05, 4.69) is 133 Å². The molecule has 8 rings (SSSR count). The zero-order chi connectivity index (χ0) is 24.3. The average Bonchev–Trinajstić information content (AvgIpc) is 3.08. The Morgan fingerprint density at radius 2 is 0.919 bits per heavy atom. The first-order chi connectivity index (χ1) is 18.4. The number of fused-ring (bicyclic) bond motifs is 6. The molecule has 0 aliphatic heterocycles. The van der Waals surface area contributed by atoms with Crippen LogP contribution in [0.5, 0.6) is 0 Å². The van der Waals surface area contributed by atoms with Crippen LogP contribution in [-0.4, -0.2) is 0 Å². The molecule has 0 heterocycles. The summed E-state index contributed by atoms with van der Waals surface area (Å²) >= 11 is 0. The van der Waals surface area contributed by atoms with Gasteiger partial charge < -0.3 is 0 Å². The highest BCUT2D eigenvalue weighted by Gasteiger charge is 2.25. The highest BCUT2D eigenvalue weighted by atomic mass is 14.3. The van der Waals surface area contributed by atoms with E-state index in [4.69, 9.17) is 0 Å². The molecule has 0 radical (unpaired) electrons. The molecule has 0 atom stereocenters. The van der Waals surface area contributed by atoms with Gasteiger partial charge in [-0.25, -0.2) is 0 Å². The number of hydrogen-bond donors (Lipinski definition) is 0. The summed E-state index contributed by atoms with van der Waals surface area (Å²) in [6.45, 7) is 0. The second-order valence-corrected chi connectivity index (χ2v) is 10.1. The highest BCUT2D eigenvalue weighted by Crippen LogP contribution is 2.46. The predicted octanol–water partition coefficient (Wildman–Crippen LogP) is 7.71. The van der Waals surface area contributed by atoms with Gasteiger partial charge >= 0.3 is 0 Å². The Hall–Kier alpha value is -4.68.